The lowest BCUT2D eigenvalue weighted by molar-refractivity contribution is 0.562. The molecule has 0 aliphatic rings. The molecule has 2 heteroatoms. The number of benzene rings is 4. The van der Waals surface area contributed by atoms with Crippen LogP contribution in [0.15, 0.2) is 115 Å². The van der Waals surface area contributed by atoms with Crippen molar-refractivity contribution in [2.24, 2.45) is 5.92 Å². The standard InChI is InChI=1S/C22H25N.C15H11N/c1-5-15(2)12-18-7-6-8-22-20(18)9-10-21(23-22)19-13-16(3)11-17(4)14-19;1-2-6-12(7-3-1)15-11-10-13-8-4-5-9-14(13)16-15/h6-11,13-15H,5,12H2,1-4H3;1-11H. The Morgan fingerprint density at radius 1 is 0.590 bits per heavy atom. The number of fused-ring (bicyclic) bond motifs is 2. The van der Waals surface area contributed by atoms with Gasteiger partial charge in [-0.05, 0) is 68.1 Å². The van der Waals surface area contributed by atoms with Crippen LogP contribution in [-0.2, 0) is 6.42 Å². The lowest BCUT2D eigenvalue weighted by Crippen LogP contribution is -1.99. The fourth-order valence-electron chi connectivity index (χ4n) is 5.04. The van der Waals surface area contributed by atoms with Gasteiger partial charge in [-0.1, -0.05) is 110 Å². The van der Waals surface area contributed by atoms with Gasteiger partial charge in [-0.15, -0.1) is 0 Å². The van der Waals surface area contributed by atoms with Gasteiger partial charge >= 0.3 is 0 Å². The molecule has 2 nitrogen and oxygen atoms in total. The highest BCUT2D eigenvalue weighted by Gasteiger charge is 2.08. The fourth-order valence-corrected chi connectivity index (χ4v) is 5.04. The average Bonchev–Trinajstić information content (AvgIpc) is 2.97. The van der Waals surface area contributed by atoms with Crippen LogP contribution in [0.3, 0.4) is 0 Å². The van der Waals surface area contributed by atoms with Gasteiger partial charge in [0.2, 0.25) is 0 Å². The summed E-state index contributed by atoms with van der Waals surface area (Å²) in [6.07, 6.45) is 2.34. The first-order valence-corrected chi connectivity index (χ1v) is 13.9. The maximum absolute atomic E-state index is 4.92. The second-order valence-electron chi connectivity index (χ2n) is 10.5. The van der Waals surface area contributed by atoms with Crippen molar-refractivity contribution in [3.63, 3.8) is 0 Å². The van der Waals surface area contributed by atoms with E-state index in [9.17, 15) is 0 Å². The van der Waals surface area contributed by atoms with Gasteiger partial charge in [0.1, 0.15) is 0 Å². The molecular weight excluding hydrogens is 472 g/mol. The van der Waals surface area contributed by atoms with Gasteiger partial charge in [0.25, 0.3) is 0 Å². The van der Waals surface area contributed by atoms with Crippen molar-refractivity contribution in [3.05, 3.63) is 132 Å². The number of rotatable bonds is 5. The summed E-state index contributed by atoms with van der Waals surface area (Å²) in [5.41, 5.74) is 10.6. The predicted molar refractivity (Wildman–Crippen MR) is 167 cm³/mol. The van der Waals surface area contributed by atoms with Crippen LogP contribution in [-0.4, -0.2) is 9.97 Å². The van der Waals surface area contributed by atoms with E-state index in [1.54, 1.807) is 0 Å². The Morgan fingerprint density at radius 2 is 1.23 bits per heavy atom. The Labute approximate surface area is 232 Å². The second kappa shape index (κ2) is 12.0. The van der Waals surface area contributed by atoms with Crippen LogP contribution in [0.4, 0.5) is 0 Å². The van der Waals surface area contributed by atoms with Crippen molar-refractivity contribution in [2.75, 3.05) is 0 Å². The summed E-state index contributed by atoms with van der Waals surface area (Å²) in [5.74, 6) is 0.708. The van der Waals surface area contributed by atoms with Crippen molar-refractivity contribution in [2.45, 2.75) is 40.5 Å². The van der Waals surface area contributed by atoms with Crippen LogP contribution in [0.2, 0.25) is 0 Å². The molecule has 194 valence electrons. The number of pyridine rings is 2. The fraction of sp³-hybridized carbons (Fsp3) is 0.189. The van der Waals surface area contributed by atoms with Crippen LogP contribution in [0, 0.1) is 19.8 Å². The Kier molecular flexibility index (Phi) is 8.13. The number of para-hydroxylation sites is 1. The van der Waals surface area contributed by atoms with Gasteiger partial charge in [0.15, 0.2) is 0 Å². The van der Waals surface area contributed by atoms with Gasteiger partial charge in [0.05, 0.1) is 22.4 Å². The maximum atomic E-state index is 4.92. The summed E-state index contributed by atoms with van der Waals surface area (Å²) in [6, 6.07) is 40.1. The predicted octanol–water partition coefficient (Wildman–Crippen LogP) is 10.0. The van der Waals surface area contributed by atoms with Crippen LogP contribution in [0.1, 0.15) is 37.0 Å². The lowest BCUT2D eigenvalue weighted by Gasteiger charge is -2.12. The zero-order chi connectivity index (χ0) is 27.2. The molecule has 0 bridgehead atoms. The minimum atomic E-state index is 0.708. The third-order valence-electron chi connectivity index (χ3n) is 7.27. The minimum absolute atomic E-state index is 0.708. The van der Waals surface area contributed by atoms with E-state index < -0.39 is 0 Å². The molecule has 2 heterocycles. The number of aromatic nitrogens is 2. The third kappa shape index (κ3) is 6.41. The molecule has 0 aliphatic heterocycles. The Bertz CT molecular complexity index is 1680. The largest absolute Gasteiger partial charge is 0.248 e. The normalized spacial score (nSPS) is 11.7. The number of nitrogens with zero attached hydrogens (tertiary/aromatic N) is 2. The van der Waals surface area contributed by atoms with E-state index in [2.05, 4.69) is 112 Å². The SMILES string of the molecule is CCC(C)Cc1cccc2nc(-c3cc(C)cc(C)c3)ccc12.c1ccc(-c2ccc3ccccc3n2)cc1. The van der Waals surface area contributed by atoms with E-state index in [4.69, 9.17) is 4.98 Å². The molecule has 0 saturated heterocycles. The molecule has 6 aromatic rings. The van der Waals surface area contributed by atoms with E-state index in [-0.39, 0.29) is 0 Å². The van der Waals surface area contributed by atoms with Crippen molar-refractivity contribution >= 4 is 21.8 Å². The minimum Gasteiger partial charge on any atom is -0.248 e. The quantitative estimate of drug-likeness (QED) is 0.231. The van der Waals surface area contributed by atoms with Crippen LogP contribution in [0.5, 0.6) is 0 Å². The molecule has 0 fully saturated rings. The first kappa shape index (κ1) is 26.3. The molecule has 0 aliphatic carbocycles. The molecule has 39 heavy (non-hydrogen) atoms. The molecule has 4 aromatic carbocycles. The molecule has 0 spiro atoms. The van der Waals surface area contributed by atoms with Crippen molar-refractivity contribution in [3.8, 4) is 22.5 Å². The van der Waals surface area contributed by atoms with Crippen LogP contribution in [0.25, 0.3) is 44.3 Å². The molecule has 0 radical (unpaired) electrons. The monoisotopic (exact) mass is 508 g/mol. The number of hydrogen-bond donors (Lipinski definition) is 0. The van der Waals surface area contributed by atoms with Crippen LogP contribution < -0.4 is 0 Å². The molecule has 2 aromatic heterocycles. The van der Waals surface area contributed by atoms with Crippen molar-refractivity contribution < 1.29 is 0 Å². The third-order valence-corrected chi connectivity index (χ3v) is 7.27. The zero-order valence-corrected chi connectivity index (χ0v) is 23.4. The average molecular weight is 509 g/mol. The number of aryl methyl sites for hydroxylation is 2. The Balaban J connectivity index is 0.000000168. The van der Waals surface area contributed by atoms with Gasteiger partial charge < -0.3 is 0 Å². The summed E-state index contributed by atoms with van der Waals surface area (Å²) in [4.78, 5) is 9.57. The molecule has 6 rings (SSSR count). The molecule has 1 unspecified atom stereocenters. The van der Waals surface area contributed by atoms with Crippen molar-refractivity contribution in [1.82, 2.24) is 9.97 Å². The topological polar surface area (TPSA) is 25.8 Å². The van der Waals surface area contributed by atoms with Crippen molar-refractivity contribution in [1.29, 1.82) is 0 Å². The van der Waals surface area contributed by atoms with E-state index in [1.807, 2.05) is 36.4 Å². The Hall–Kier alpha value is -4.30. The summed E-state index contributed by atoms with van der Waals surface area (Å²) in [7, 11) is 0. The van der Waals surface area contributed by atoms with E-state index in [0.717, 1.165) is 34.4 Å². The molecule has 0 saturated carbocycles. The van der Waals surface area contributed by atoms with E-state index in [0.29, 0.717) is 5.92 Å². The van der Waals surface area contributed by atoms with Gasteiger partial charge in [-0.3, -0.25) is 0 Å². The summed E-state index contributed by atoms with van der Waals surface area (Å²) >= 11 is 0. The first-order valence-electron chi connectivity index (χ1n) is 13.9. The summed E-state index contributed by atoms with van der Waals surface area (Å²) < 4.78 is 0. The Morgan fingerprint density at radius 3 is 2.00 bits per heavy atom. The zero-order valence-electron chi connectivity index (χ0n) is 23.4. The molecular formula is C37H36N2. The van der Waals surface area contributed by atoms with Gasteiger partial charge in [-0.2, -0.15) is 0 Å². The molecule has 1 atom stereocenters. The lowest BCUT2D eigenvalue weighted by atomic mass is 9.95. The van der Waals surface area contributed by atoms with E-state index in [1.165, 1.54) is 39.4 Å². The summed E-state index contributed by atoms with van der Waals surface area (Å²) in [6.45, 7) is 8.85. The highest BCUT2D eigenvalue weighted by atomic mass is 14.7. The molecule has 0 amide bonds. The highest BCUT2D eigenvalue weighted by molar-refractivity contribution is 5.85. The second-order valence-corrected chi connectivity index (χ2v) is 10.5. The van der Waals surface area contributed by atoms with Gasteiger partial charge in [0, 0.05) is 21.9 Å². The van der Waals surface area contributed by atoms with E-state index >= 15 is 0 Å². The van der Waals surface area contributed by atoms with Gasteiger partial charge in [-0.25, -0.2) is 9.97 Å². The number of hydrogen-bond acceptors (Lipinski definition) is 2. The first-order chi connectivity index (χ1) is 19.0. The summed E-state index contributed by atoms with van der Waals surface area (Å²) in [5, 5.41) is 2.48. The smallest absolute Gasteiger partial charge is 0.0712 e. The molecule has 0 N–H and O–H groups in total. The maximum Gasteiger partial charge on any atom is 0.0712 e. The van der Waals surface area contributed by atoms with Crippen LogP contribution >= 0.6 is 0 Å². The highest BCUT2D eigenvalue weighted by Crippen LogP contribution is 2.26.